The summed E-state index contributed by atoms with van der Waals surface area (Å²) in [7, 11) is 0.946. The van der Waals surface area contributed by atoms with Gasteiger partial charge < -0.3 is 4.74 Å². The summed E-state index contributed by atoms with van der Waals surface area (Å²) in [5.74, 6) is -1.21. The van der Waals surface area contributed by atoms with E-state index in [1.807, 2.05) is 0 Å². The molecule has 0 N–H and O–H groups in total. The fraction of sp³-hybridized carbons (Fsp3) is 0.333. The second kappa shape index (κ2) is 4.81. The maximum Gasteiger partial charge on any atom is 0.347 e. The molecule has 1 aromatic rings. The van der Waals surface area contributed by atoms with E-state index in [9.17, 15) is 23.7 Å². The Bertz CT molecular complexity index is 476. The van der Waals surface area contributed by atoms with Crippen LogP contribution in [0.3, 0.4) is 0 Å². The normalized spacial score (nSPS) is 10.4. The van der Waals surface area contributed by atoms with Crippen LogP contribution in [-0.4, -0.2) is 23.0 Å². The van der Waals surface area contributed by atoms with Crippen molar-refractivity contribution in [2.45, 2.75) is 13.3 Å². The molecule has 0 saturated heterocycles. The SMILES string of the molecule is COC(=O)c1c([N+](=O)[O-])cc(C)nc1C(F)F. The monoisotopic (exact) mass is 246 g/mol. The number of pyridine rings is 1. The average molecular weight is 246 g/mol. The Morgan fingerprint density at radius 2 is 2.18 bits per heavy atom. The minimum Gasteiger partial charge on any atom is -0.465 e. The van der Waals surface area contributed by atoms with Crippen LogP contribution in [0.1, 0.15) is 28.2 Å². The molecule has 0 spiro atoms. The van der Waals surface area contributed by atoms with Crippen molar-refractivity contribution in [1.82, 2.24) is 4.98 Å². The highest BCUT2D eigenvalue weighted by Gasteiger charge is 2.30. The van der Waals surface area contributed by atoms with Crippen molar-refractivity contribution in [3.05, 3.63) is 33.1 Å². The van der Waals surface area contributed by atoms with Gasteiger partial charge in [0, 0.05) is 11.8 Å². The van der Waals surface area contributed by atoms with Gasteiger partial charge in [-0.3, -0.25) is 15.1 Å². The van der Waals surface area contributed by atoms with E-state index in [2.05, 4.69) is 9.72 Å². The van der Waals surface area contributed by atoms with E-state index in [0.29, 0.717) is 0 Å². The van der Waals surface area contributed by atoms with Crippen LogP contribution < -0.4 is 0 Å². The molecule has 1 rings (SSSR count). The first-order valence-corrected chi connectivity index (χ1v) is 4.40. The van der Waals surface area contributed by atoms with Crippen molar-refractivity contribution < 1.29 is 23.2 Å². The second-order valence-corrected chi connectivity index (χ2v) is 3.09. The first-order valence-electron chi connectivity index (χ1n) is 4.40. The number of rotatable bonds is 3. The Labute approximate surface area is 94.4 Å². The maximum atomic E-state index is 12.7. The van der Waals surface area contributed by atoms with Crippen molar-refractivity contribution in [3.8, 4) is 0 Å². The number of nitrogens with zero attached hydrogens (tertiary/aromatic N) is 2. The van der Waals surface area contributed by atoms with Gasteiger partial charge >= 0.3 is 5.97 Å². The van der Waals surface area contributed by atoms with Crippen molar-refractivity contribution in [2.24, 2.45) is 0 Å². The van der Waals surface area contributed by atoms with Gasteiger partial charge in [0.2, 0.25) is 0 Å². The molecule has 0 aliphatic carbocycles. The van der Waals surface area contributed by atoms with Gasteiger partial charge in [-0.05, 0) is 6.92 Å². The van der Waals surface area contributed by atoms with E-state index in [4.69, 9.17) is 0 Å². The van der Waals surface area contributed by atoms with E-state index in [0.717, 1.165) is 13.2 Å². The van der Waals surface area contributed by atoms with E-state index >= 15 is 0 Å². The van der Waals surface area contributed by atoms with Gasteiger partial charge in [0.05, 0.1) is 12.0 Å². The smallest absolute Gasteiger partial charge is 0.347 e. The van der Waals surface area contributed by atoms with Crippen LogP contribution in [0.4, 0.5) is 14.5 Å². The van der Waals surface area contributed by atoms with Crippen molar-refractivity contribution in [1.29, 1.82) is 0 Å². The minimum absolute atomic E-state index is 0.0275. The molecule has 92 valence electrons. The topological polar surface area (TPSA) is 82.3 Å². The Morgan fingerprint density at radius 3 is 2.59 bits per heavy atom. The first-order chi connectivity index (χ1) is 7.88. The van der Waals surface area contributed by atoms with Gasteiger partial charge in [-0.2, -0.15) is 0 Å². The van der Waals surface area contributed by atoms with Crippen LogP contribution in [-0.2, 0) is 4.74 Å². The van der Waals surface area contributed by atoms with Crippen LogP contribution in [0.15, 0.2) is 6.07 Å². The molecule has 0 amide bonds. The highest BCUT2D eigenvalue weighted by molar-refractivity contribution is 5.95. The van der Waals surface area contributed by atoms with Gasteiger partial charge in [-0.1, -0.05) is 0 Å². The molecular weight excluding hydrogens is 238 g/mol. The van der Waals surface area contributed by atoms with E-state index in [1.165, 1.54) is 6.92 Å². The zero-order chi connectivity index (χ0) is 13.2. The third-order valence-corrected chi connectivity index (χ3v) is 1.95. The van der Waals surface area contributed by atoms with Gasteiger partial charge in [0.15, 0.2) is 5.56 Å². The number of carbonyl (C=O) groups excluding carboxylic acids is 1. The predicted octanol–water partition coefficient (Wildman–Crippen LogP) is 2.02. The number of aromatic nitrogens is 1. The molecule has 1 heterocycles. The molecule has 0 aliphatic rings. The molecule has 0 aliphatic heterocycles. The van der Waals surface area contributed by atoms with Gasteiger partial charge in [-0.15, -0.1) is 0 Å². The van der Waals surface area contributed by atoms with Crippen LogP contribution in [0, 0.1) is 17.0 Å². The van der Waals surface area contributed by atoms with Crippen LogP contribution in [0.2, 0.25) is 0 Å². The largest absolute Gasteiger partial charge is 0.465 e. The van der Waals surface area contributed by atoms with Gasteiger partial charge in [0.25, 0.3) is 12.1 Å². The van der Waals surface area contributed by atoms with Crippen molar-refractivity contribution in [2.75, 3.05) is 7.11 Å². The first kappa shape index (κ1) is 12.9. The predicted molar refractivity (Wildman–Crippen MR) is 51.9 cm³/mol. The molecule has 0 unspecified atom stereocenters. The maximum absolute atomic E-state index is 12.7. The molecular formula is C9H8F2N2O4. The molecule has 17 heavy (non-hydrogen) atoms. The van der Waals surface area contributed by atoms with Crippen LogP contribution in [0.25, 0.3) is 0 Å². The Kier molecular flexibility index (Phi) is 3.66. The summed E-state index contributed by atoms with van der Waals surface area (Å²) in [6, 6.07) is 0.943. The number of carbonyl (C=O) groups is 1. The summed E-state index contributed by atoms with van der Waals surface area (Å²) < 4.78 is 29.6. The van der Waals surface area contributed by atoms with E-state index in [-0.39, 0.29) is 5.69 Å². The fourth-order valence-corrected chi connectivity index (χ4v) is 1.29. The molecule has 0 aromatic carbocycles. The number of esters is 1. The number of ether oxygens (including phenoxy) is 1. The molecule has 0 radical (unpaired) electrons. The van der Waals surface area contributed by atoms with Crippen molar-refractivity contribution >= 4 is 11.7 Å². The lowest BCUT2D eigenvalue weighted by molar-refractivity contribution is -0.385. The number of hydrogen-bond acceptors (Lipinski definition) is 5. The minimum atomic E-state index is -3.09. The number of hydrogen-bond donors (Lipinski definition) is 0. The lowest BCUT2D eigenvalue weighted by Crippen LogP contribution is -2.12. The lowest BCUT2D eigenvalue weighted by atomic mass is 10.1. The van der Waals surface area contributed by atoms with Crippen LogP contribution in [0.5, 0.6) is 0 Å². The summed E-state index contributed by atoms with van der Waals surface area (Å²) in [6.45, 7) is 1.32. The number of methoxy groups -OCH3 is 1. The summed E-state index contributed by atoms with van der Waals surface area (Å²) in [4.78, 5) is 24.5. The molecule has 6 nitrogen and oxygen atoms in total. The molecule has 0 bridgehead atoms. The summed E-state index contributed by atoms with van der Waals surface area (Å²) in [6.07, 6.45) is -3.09. The van der Waals surface area contributed by atoms with Crippen molar-refractivity contribution in [3.63, 3.8) is 0 Å². The van der Waals surface area contributed by atoms with E-state index in [1.54, 1.807) is 0 Å². The average Bonchev–Trinajstić information content (AvgIpc) is 2.26. The number of alkyl halides is 2. The van der Waals surface area contributed by atoms with Gasteiger partial charge in [-0.25, -0.2) is 13.6 Å². The standard InChI is InChI=1S/C9H8F2N2O4/c1-4-3-5(13(15)16)6(9(14)17-2)7(12-4)8(10)11/h3,8H,1-2H3. The lowest BCUT2D eigenvalue weighted by Gasteiger charge is -2.07. The number of halogens is 2. The van der Waals surface area contributed by atoms with Gasteiger partial charge in [0.1, 0.15) is 5.69 Å². The highest BCUT2D eigenvalue weighted by atomic mass is 19.3. The third-order valence-electron chi connectivity index (χ3n) is 1.95. The molecule has 0 atom stereocenters. The second-order valence-electron chi connectivity index (χ2n) is 3.09. The highest BCUT2D eigenvalue weighted by Crippen LogP contribution is 2.29. The van der Waals surface area contributed by atoms with Crippen LogP contribution >= 0.6 is 0 Å². The number of aryl methyl sites for hydroxylation is 1. The fourth-order valence-electron chi connectivity index (χ4n) is 1.29. The molecule has 8 heteroatoms. The summed E-state index contributed by atoms with van der Waals surface area (Å²) in [5.41, 5.74) is -2.46. The molecule has 1 aromatic heterocycles. The zero-order valence-electron chi connectivity index (χ0n) is 8.94. The van der Waals surface area contributed by atoms with E-state index < -0.39 is 34.3 Å². The molecule has 0 saturated carbocycles. The summed E-state index contributed by atoms with van der Waals surface area (Å²) in [5, 5.41) is 10.7. The Morgan fingerprint density at radius 1 is 1.59 bits per heavy atom. The Hall–Kier alpha value is -2.12. The zero-order valence-corrected chi connectivity index (χ0v) is 8.94. The number of nitro groups is 1. The quantitative estimate of drug-likeness (QED) is 0.463. The summed E-state index contributed by atoms with van der Waals surface area (Å²) >= 11 is 0. The third kappa shape index (κ3) is 2.52. The Balaban J connectivity index is 3.59. The molecule has 0 fully saturated rings.